The number of nitrogens with two attached hydrogens (primary N) is 1. The molecule has 6 heteroatoms. The minimum Gasteiger partial charge on any atom is -0.462 e. The number of hydrogen-bond donors (Lipinski definition) is 2. The molecule has 1 aliphatic rings. The monoisotopic (exact) mass is 309 g/mol. The first-order valence-electron chi connectivity index (χ1n) is 7.36. The van der Waals surface area contributed by atoms with Gasteiger partial charge in [0.2, 0.25) is 0 Å². The predicted molar refractivity (Wildman–Crippen MR) is 87.8 cm³/mol. The summed E-state index contributed by atoms with van der Waals surface area (Å²) in [5.74, 6) is 0.194. The molecule has 2 rings (SSSR count). The minimum absolute atomic E-state index is 0.335. The molecule has 0 saturated heterocycles. The number of ether oxygens (including phenoxy) is 1. The number of carbonyl (C=O) groups is 1. The number of hydrogen-bond acceptors (Lipinski definition) is 6. The SMILES string of the molecule is CCOC(=O)c1ccnc(NC2CCC(SC)CC2)c1N. The predicted octanol–water partition coefficient (Wildman–Crippen LogP) is 2.93. The van der Waals surface area contributed by atoms with Crippen molar-refractivity contribution in [1.29, 1.82) is 0 Å². The Morgan fingerprint density at radius 1 is 1.48 bits per heavy atom. The van der Waals surface area contributed by atoms with Crippen LogP contribution in [0.2, 0.25) is 0 Å². The number of nitrogen functional groups attached to an aromatic ring is 1. The summed E-state index contributed by atoms with van der Waals surface area (Å²) in [6.45, 7) is 2.11. The van der Waals surface area contributed by atoms with Crippen molar-refractivity contribution < 1.29 is 9.53 Å². The van der Waals surface area contributed by atoms with Crippen molar-refractivity contribution in [1.82, 2.24) is 4.98 Å². The largest absolute Gasteiger partial charge is 0.462 e. The van der Waals surface area contributed by atoms with Crippen LogP contribution in [0.1, 0.15) is 43.0 Å². The fourth-order valence-electron chi connectivity index (χ4n) is 2.61. The van der Waals surface area contributed by atoms with Crippen LogP contribution in [-0.4, -0.2) is 35.1 Å². The molecule has 0 aromatic carbocycles. The van der Waals surface area contributed by atoms with E-state index in [1.54, 1.807) is 19.2 Å². The maximum Gasteiger partial charge on any atom is 0.340 e. The highest BCUT2D eigenvalue weighted by atomic mass is 32.2. The normalized spacial score (nSPS) is 21.8. The molecule has 1 heterocycles. The Bertz CT molecular complexity index is 488. The van der Waals surface area contributed by atoms with Crippen LogP contribution in [0.4, 0.5) is 11.5 Å². The minimum atomic E-state index is -0.397. The van der Waals surface area contributed by atoms with E-state index in [4.69, 9.17) is 10.5 Å². The number of esters is 1. The van der Waals surface area contributed by atoms with E-state index < -0.39 is 5.97 Å². The molecule has 0 unspecified atom stereocenters. The Hall–Kier alpha value is -1.43. The Morgan fingerprint density at radius 3 is 2.81 bits per heavy atom. The molecule has 116 valence electrons. The Labute approximate surface area is 130 Å². The smallest absolute Gasteiger partial charge is 0.340 e. The molecule has 0 aliphatic heterocycles. The van der Waals surface area contributed by atoms with Crippen molar-refractivity contribution in [3.63, 3.8) is 0 Å². The lowest BCUT2D eigenvalue weighted by Gasteiger charge is -2.28. The first kappa shape index (κ1) is 15.9. The van der Waals surface area contributed by atoms with Gasteiger partial charge in [0.1, 0.15) is 5.82 Å². The van der Waals surface area contributed by atoms with Crippen molar-refractivity contribution in [2.24, 2.45) is 0 Å². The first-order chi connectivity index (χ1) is 10.2. The van der Waals surface area contributed by atoms with Gasteiger partial charge >= 0.3 is 5.97 Å². The average Bonchev–Trinajstić information content (AvgIpc) is 2.50. The molecule has 1 aliphatic carbocycles. The van der Waals surface area contributed by atoms with E-state index in [2.05, 4.69) is 16.6 Å². The van der Waals surface area contributed by atoms with Crippen LogP contribution in [-0.2, 0) is 4.74 Å². The summed E-state index contributed by atoms with van der Waals surface area (Å²) in [5.41, 5.74) is 6.81. The van der Waals surface area contributed by atoms with Gasteiger partial charge in [0.15, 0.2) is 0 Å². The van der Waals surface area contributed by atoms with Crippen LogP contribution >= 0.6 is 11.8 Å². The number of pyridine rings is 1. The Morgan fingerprint density at radius 2 is 2.19 bits per heavy atom. The third-order valence-corrected chi connectivity index (χ3v) is 4.97. The van der Waals surface area contributed by atoms with Crippen LogP contribution in [0.25, 0.3) is 0 Å². The second kappa shape index (κ2) is 7.54. The van der Waals surface area contributed by atoms with Crippen molar-refractivity contribution in [2.75, 3.05) is 23.9 Å². The molecular weight excluding hydrogens is 286 g/mol. The zero-order valence-corrected chi connectivity index (χ0v) is 13.4. The van der Waals surface area contributed by atoms with Crippen molar-refractivity contribution in [3.8, 4) is 0 Å². The lowest BCUT2D eigenvalue weighted by molar-refractivity contribution is 0.0527. The van der Waals surface area contributed by atoms with Crippen LogP contribution in [0.15, 0.2) is 12.3 Å². The number of carbonyl (C=O) groups excluding carboxylic acids is 1. The summed E-state index contributed by atoms with van der Waals surface area (Å²) in [6.07, 6.45) is 8.39. The van der Waals surface area contributed by atoms with Gasteiger partial charge in [-0.1, -0.05) is 0 Å². The topological polar surface area (TPSA) is 77.2 Å². The molecule has 21 heavy (non-hydrogen) atoms. The molecule has 1 saturated carbocycles. The lowest BCUT2D eigenvalue weighted by Crippen LogP contribution is -2.28. The molecule has 1 aromatic heterocycles. The summed E-state index contributed by atoms with van der Waals surface area (Å²) in [7, 11) is 0. The molecule has 0 amide bonds. The standard InChI is InChI=1S/C15H23N3O2S/c1-3-20-15(19)12-8-9-17-14(13(12)16)18-10-4-6-11(21-2)7-5-10/h8-11H,3-7,16H2,1-2H3,(H,17,18). The third-order valence-electron chi connectivity index (χ3n) is 3.83. The van der Waals surface area contributed by atoms with Gasteiger partial charge in [0.05, 0.1) is 17.9 Å². The summed E-state index contributed by atoms with van der Waals surface area (Å²) in [5, 5.41) is 4.14. The highest BCUT2D eigenvalue weighted by Gasteiger charge is 2.22. The maximum absolute atomic E-state index is 11.8. The van der Waals surface area contributed by atoms with Gasteiger partial charge in [0, 0.05) is 17.5 Å². The second-order valence-electron chi connectivity index (χ2n) is 5.19. The van der Waals surface area contributed by atoms with Crippen LogP contribution in [0, 0.1) is 0 Å². The third kappa shape index (κ3) is 4.03. The van der Waals surface area contributed by atoms with Crippen LogP contribution in [0.3, 0.4) is 0 Å². The van der Waals surface area contributed by atoms with Gasteiger partial charge in [-0.05, 0) is 44.9 Å². The number of rotatable bonds is 5. The van der Waals surface area contributed by atoms with E-state index in [0.717, 1.165) is 18.1 Å². The Kier molecular flexibility index (Phi) is 5.73. The molecule has 3 N–H and O–H groups in total. The highest BCUT2D eigenvalue weighted by Crippen LogP contribution is 2.30. The fraction of sp³-hybridized carbons (Fsp3) is 0.600. The highest BCUT2D eigenvalue weighted by molar-refractivity contribution is 7.99. The van der Waals surface area contributed by atoms with Crippen LogP contribution in [0.5, 0.6) is 0 Å². The number of anilines is 2. The maximum atomic E-state index is 11.8. The zero-order chi connectivity index (χ0) is 15.2. The molecule has 0 atom stereocenters. The Balaban J connectivity index is 2.04. The molecule has 0 spiro atoms. The summed E-state index contributed by atoms with van der Waals surface area (Å²) >= 11 is 1.94. The van der Waals surface area contributed by atoms with Crippen molar-refractivity contribution >= 4 is 29.2 Å². The van der Waals surface area contributed by atoms with Crippen molar-refractivity contribution in [3.05, 3.63) is 17.8 Å². The molecule has 5 nitrogen and oxygen atoms in total. The first-order valence-corrected chi connectivity index (χ1v) is 8.65. The summed E-state index contributed by atoms with van der Waals surface area (Å²) in [4.78, 5) is 16.1. The van der Waals surface area contributed by atoms with E-state index in [1.165, 1.54) is 12.8 Å². The molecule has 0 bridgehead atoms. The number of thioether (sulfide) groups is 1. The fourth-order valence-corrected chi connectivity index (χ4v) is 3.35. The lowest BCUT2D eigenvalue weighted by atomic mass is 9.95. The van der Waals surface area contributed by atoms with E-state index in [-0.39, 0.29) is 0 Å². The van der Waals surface area contributed by atoms with E-state index >= 15 is 0 Å². The average molecular weight is 309 g/mol. The quantitative estimate of drug-likeness (QED) is 0.814. The van der Waals surface area contributed by atoms with Gasteiger partial charge in [0.25, 0.3) is 0 Å². The molecular formula is C15H23N3O2S. The summed E-state index contributed by atoms with van der Waals surface area (Å²) < 4.78 is 5.01. The molecule has 1 aromatic rings. The second-order valence-corrected chi connectivity index (χ2v) is 6.33. The van der Waals surface area contributed by atoms with E-state index in [1.807, 2.05) is 11.8 Å². The van der Waals surface area contributed by atoms with E-state index in [0.29, 0.717) is 29.7 Å². The number of nitrogens with zero attached hydrogens (tertiary/aromatic N) is 1. The van der Waals surface area contributed by atoms with Gasteiger partial charge in [-0.2, -0.15) is 11.8 Å². The molecule has 0 radical (unpaired) electrons. The van der Waals surface area contributed by atoms with Crippen molar-refractivity contribution in [2.45, 2.75) is 43.9 Å². The van der Waals surface area contributed by atoms with Gasteiger partial charge in [-0.3, -0.25) is 0 Å². The van der Waals surface area contributed by atoms with Crippen LogP contribution < -0.4 is 11.1 Å². The van der Waals surface area contributed by atoms with E-state index in [9.17, 15) is 4.79 Å². The zero-order valence-electron chi connectivity index (χ0n) is 12.6. The van der Waals surface area contributed by atoms with Gasteiger partial charge in [-0.15, -0.1) is 0 Å². The van der Waals surface area contributed by atoms with Gasteiger partial charge in [-0.25, -0.2) is 9.78 Å². The summed E-state index contributed by atoms with van der Waals surface area (Å²) in [6, 6.07) is 1.98. The molecule has 1 fully saturated rings. The number of aromatic nitrogens is 1. The number of nitrogens with one attached hydrogen (secondary N) is 1. The van der Waals surface area contributed by atoms with Gasteiger partial charge < -0.3 is 15.8 Å².